The van der Waals surface area contributed by atoms with Crippen LogP contribution in [0.1, 0.15) is 61.3 Å². The van der Waals surface area contributed by atoms with Crippen LogP contribution in [0.5, 0.6) is 0 Å². The molecule has 0 aromatic heterocycles. The van der Waals surface area contributed by atoms with E-state index in [4.69, 9.17) is 0 Å². The highest BCUT2D eigenvalue weighted by Crippen LogP contribution is 2.14. The Morgan fingerprint density at radius 2 is 1.33 bits per heavy atom. The Bertz CT molecular complexity index is 62.4. The number of hydrogen-bond acceptors (Lipinski definition) is 0. The molecule has 0 heteroatoms. The van der Waals surface area contributed by atoms with Crippen molar-refractivity contribution < 1.29 is 0 Å². The van der Waals surface area contributed by atoms with Crippen LogP contribution < -0.4 is 0 Å². The molecule has 1 unspecified atom stereocenters. The summed E-state index contributed by atoms with van der Waals surface area (Å²) < 4.78 is 0. The van der Waals surface area contributed by atoms with Crippen LogP contribution in [0.3, 0.4) is 0 Å². The van der Waals surface area contributed by atoms with E-state index in [1.807, 2.05) is 41.5 Å². The maximum absolute atomic E-state index is 2.28. The van der Waals surface area contributed by atoms with Crippen molar-refractivity contribution in [2.24, 2.45) is 5.92 Å². The van der Waals surface area contributed by atoms with Gasteiger partial charge in [0.2, 0.25) is 0 Å². The summed E-state index contributed by atoms with van der Waals surface area (Å²) in [7, 11) is 0. The molecule has 0 saturated heterocycles. The summed E-state index contributed by atoms with van der Waals surface area (Å²) in [4.78, 5) is 0. The van der Waals surface area contributed by atoms with Gasteiger partial charge in [0.15, 0.2) is 0 Å². The van der Waals surface area contributed by atoms with Gasteiger partial charge in [0.1, 0.15) is 0 Å². The second-order valence-corrected chi connectivity index (χ2v) is 1.98. The molecule has 12 heavy (non-hydrogen) atoms. The van der Waals surface area contributed by atoms with E-state index in [1.165, 1.54) is 12.8 Å². The normalized spacial score (nSPS) is 17.4. The van der Waals surface area contributed by atoms with E-state index < -0.39 is 0 Å². The lowest BCUT2D eigenvalue weighted by Crippen LogP contribution is -1.76. The fraction of sp³-hybridized carbons (Fsp3) is 0.833. The van der Waals surface area contributed by atoms with Gasteiger partial charge in [0, 0.05) is 0 Å². The van der Waals surface area contributed by atoms with Crippen LogP contribution in [0, 0.1) is 5.92 Å². The minimum Gasteiger partial charge on any atom is -0.0882 e. The van der Waals surface area contributed by atoms with E-state index in [-0.39, 0.29) is 0 Å². The van der Waals surface area contributed by atoms with Gasteiger partial charge in [-0.1, -0.05) is 60.6 Å². The average Bonchev–Trinajstić information content (AvgIpc) is 2.66. The van der Waals surface area contributed by atoms with Gasteiger partial charge >= 0.3 is 0 Å². The van der Waals surface area contributed by atoms with Crippen LogP contribution in [0.25, 0.3) is 0 Å². The van der Waals surface area contributed by atoms with Gasteiger partial charge in [-0.3, -0.25) is 0 Å². The number of allylic oxidation sites excluding steroid dienone is 2. The van der Waals surface area contributed by atoms with Gasteiger partial charge in [-0.05, 0) is 18.8 Å². The Morgan fingerprint density at radius 3 is 1.42 bits per heavy atom. The summed E-state index contributed by atoms with van der Waals surface area (Å²) in [5.74, 6) is 0.866. The summed E-state index contributed by atoms with van der Waals surface area (Å²) in [6.07, 6.45) is 7.21. The molecule has 0 spiro atoms. The molecule has 0 N–H and O–H groups in total. The van der Waals surface area contributed by atoms with Crippen LogP contribution >= 0.6 is 0 Å². The molecule has 0 heterocycles. The first-order valence-corrected chi connectivity index (χ1v) is 5.56. The van der Waals surface area contributed by atoms with Crippen molar-refractivity contribution in [3.05, 3.63) is 12.2 Å². The molecule has 1 atom stereocenters. The zero-order chi connectivity index (χ0) is 10.4. The fourth-order valence-corrected chi connectivity index (χ4v) is 0.784. The molecule has 1 rings (SSSR count). The standard InChI is InChI=1S/C6H10.3C2H6/c1-6-4-2-3-5-6;3*1-2/h2,4,6H,3,5H2,1H3;3*1-2H3. The second kappa shape index (κ2) is 22.4. The van der Waals surface area contributed by atoms with Crippen molar-refractivity contribution in [1.29, 1.82) is 0 Å². The third kappa shape index (κ3) is 16.4. The highest BCUT2D eigenvalue weighted by Gasteiger charge is 1.98. The minimum absolute atomic E-state index is 0.866. The summed E-state index contributed by atoms with van der Waals surface area (Å²) in [5, 5.41) is 0. The molecule has 0 aromatic carbocycles. The van der Waals surface area contributed by atoms with Crippen LogP contribution in [-0.2, 0) is 0 Å². The minimum atomic E-state index is 0.866. The van der Waals surface area contributed by atoms with Crippen LogP contribution in [0.4, 0.5) is 0 Å². The lowest BCUT2D eigenvalue weighted by atomic mass is 10.2. The topological polar surface area (TPSA) is 0 Å². The van der Waals surface area contributed by atoms with Gasteiger partial charge < -0.3 is 0 Å². The molecule has 1 aliphatic rings. The third-order valence-electron chi connectivity index (χ3n) is 1.25. The van der Waals surface area contributed by atoms with Crippen LogP contribution in [0.2, 0.25) is 0 Å². The molecule has 0 nitrogen and oxygen atoms in total. The Balaban J connectivity index is -0.000000117. The smallest absolute Gasteiger partial charge is 0.0259 e. The van der Waals surface area contributed by atoms with Crippen molar-refractivity contribution in [2.45, 2.75) is 61.3 Å². The first-order chi connectivity index (χ1) is 5.89. The summed E-state index contributed by atoms with van der Waals surface area (Å²) in [6, 6.07) is 0. The molecule has 0 amide bonds. The molecule has 0 saturated carbocycles. The molecule has 0 fully saturated rings. The monoisotopic (exact) mass is 172 g/mol. The Labute approximate surface area is 80.1 Å². The predicted octanol–water partition coefficient (Wildman–Crippen LogP) is 5.05. The van der Waals surface area contributed by atoms with Gasteiger partial charge in [0.05, 0.1) is 0 Å². The molecule has 0 radical (unpaired) electrons. The van der Waals surface area contributed by atoms with Crippen molar-refractivity contribution in [3.8, 4) is 0 Å². The first kappa shape index (κ1) is 17.7. The molecular weight excluding hydrogens is 144 g/mol. The lowest BCUT2D eigenvalue weighted by molar-refractivity contribution is 0.701. The van der Waals surface area contributed by atoms with Gasteiger partial charge in [-0.2, -0.15) is 0 Å². The van der Waals surface area contributed by atoms with Crippen molar-refractivity contribution in [2.75, 3.05) is 0 Å². The maximum atomic E-state index is 2.28. The summed E-state index contributed by atoms with van der Waals surface area (Å²) >= 11 is 0. The molecule has 0 aliphatic heterocycles. The van der Waals surface area contributed by atoms with Crippen molar-refractivity contribution >= 4 is 0 Å². The van der Waals surface area contributed by atoms with E-state index >= 15 is 0 Å². The van der Waals surface area contributed by atoms with E-state index in [2.05, 4.69) is 19.1 Å². The SMILES string of the molecule is CC.CC.CC.CC1C=CCC1. The average molecular weight is 172 g/mol. The van der Waals surface area contributed by atoms with E-state index in [9.17, 15) is 0 Å². The molecule has 0 bridgehead atoms. The Morgan fingerprint density at radius 1 is 0.917 bits per heavy atom. The fourth-order valence-electron chi connectivity index (χ4n) is 0.784. The highest BCUT2D eigenvalue weighted by molar-refractivity contribution is 4.93. The van der Waals surface area contributed by atoms with Gasteiger partial charge in [0.25, 0.3) is 0 Å². The second-order valence-electron chi connectivity index (χ2n) is 1.98. The Hall–Kier alpha value is -0.260. The van der Waals surface area contributed by atoms with Gasteiger partial charge in [-0.25, -0.2) is 0 Å². The first-order valence-electron chi connectivity index (χ1n) is 5.56. The Kier molecular flexibility index (Phi) is 33.1. The molecular formula is C12H28. The quantitative estimate of drug-likeness (QED) is 0.448. The van der Waals surface area contributed by atoms with E-state index in [0.717, 1.165) is 5.92 Å². The number of rotatable bonds is 0. The summed E-state index contributed by atoms with van der Waals surface area (Å²) in [6.45, 7) is 14.3. The largest absolute Gasteiger partial charge is 0.0882 e. The van der Waals surface area contributed by atoms with Crippen molar-refractivity contribution in [1.82, 2.24) is 0 Å². The van der Waals surface area contributed by atoms with E-state index in [0.29, 0.717) is 0 Å². The third-order valence-corrected chi connectivity index (χ3v) is 1.25. The molecule has 1 aliphatic carbocycles. The molecule has 0 aromatic rings. The lowest BCUT2D eigenvalue weighted by Gasteiger charge is -1.89. The van der Waals surface area contributed by atoms with Gasteiger partial charge in [-0.15, -0.1) is 0 Å². The number of hydrogen-bond donors (Lipinski definition) is 0. The zero-order valence-electron chi connectivity index (χ0n) is 10.1. The van der Waals surface area contributed by atoms with Crippen LogP contribution in [-0.4, -0.2) is 0 Å². The highest BCUT2D eigenvalue weighted by atomic mass is 14.0. The predicted molar refractivity (Wildman–Crippen MR) is 61.6 cm³/mol. The summed E-state index contributed by atoms with van der Waals surface area (Å²) in [5.41, 5.74) is 0. The molecule has 76 valence electrons. The van der Waals surface area contributed by atoms with Crippen molar-refractivity contribution in [3.63, 3.8) is 0 Å². The van der Waals surface area contributed by atoms with Crippen LogP contribution in [0.15, 0.2) is 12.2 Å². The zero-order valence-corrected chi connectivity index (χ0v) is 10.1. The van der Waals surface area contributed by atoms with E-state index in [1.54, 1.807) is 0 Å². The maximum Gasteiger partial charge on any atom is -0.0259 e.